The number of fused-ring (bicyclic) bond motifs is 3. The molecule has 168 valence electrons. The van der Waals surface area contributed by atoms with Gasteiger partial charge in [0.2, 0.25) is 0 Å². The fourth-order valence-corrected chi connectivity index (χ4v) is 6.56. The first-order valence-electron chi connectivity index (χ1n) is 11.7. The number of amides is 1. The second kappa shape index (κ2) is 7.95. The largest absolute Gasteiger partial charge is 0.481 e. The topological polar surface area (TPSA) is 66.8 Å². The lowest BCUT2D eigenvalue weighted by molar-refractivity contribution is -0.147. The minimum atomic E-state index is -0.792. The van der Waals surface area contributed by atoms with E-state index in [4.69, 9.17) is 4.74 Å². The number of carbonyl (C=O) groups is 2. The smallest absolute Gasteiger partial charge is 0.409 e. The predicted molar refractivity (Wildman–Crippen MR) is 122 cm³/mol. The summed E-state index contributed by atoms with van der Waals surface area (Å²) in [7, 11) is 0. The maximum Gasteiger partial charge on any atom is 0.409 e. The van der Waals surface area contributed by atoms with Crippen LogP contribution in [0.25, 0.3) is 11.1 Å². The summed E-state index contributed by atoms with van der Waals surface area (Å²) in [6.45, 7) is 5.33. The number of rotatable bonds is 3. The molecular weight excluding hydrogens is 402 g/mol. The average molecular weight is 434 g/mol. The van der Waals surface area contributed by atoms with Crippen LogP contribution in [0, 0.1) is 23.2 Å². The third kappa shape index (κ3) is 3.30. The van der Waals surface area contributed by atoms with Gasteiger partial charge in [-0.2, -0.15) is 0 Å². The first kappa shape index (κ1) is 21.0. The van der Waals surface area contributed by atoms with Crippen molar-refractivity contribution in [2.24, 2.45) is 23.2 Å². The van der Waals surface area contributed by atoms with Crippen LogP contribution in [-0.4, -0.2) is 41.8 Å². The number of aliphatic carboxylic acids is 1. The highest BCUT2D eigenvalue weighted by molar-refractivity contribution is 5.79. The van der Waals surface area contributed by atoms with Crippen LogP contribution in [0.2, 0.25) is 0 Å². The molecule has 0 radical (unpaired) electrons. The lowest BCUT2D eigenvalue weighted by atomic mass is 9.59. The highest BCUT2D eigenvalue weighted by Gasteiger charge is 2.56. The molecule has 3 aliphatic rings. The predicted octanol–water partition coefficient (Wildman–Crippen LogP) is 5.39. The van der Waals surface area contributed by atoms with Gasteiger partial charge in [-0.3, -0.25) is 4.79 Å². The van der Waals surface area contributed by atoms with E-state index in [9.17, 15) is 14.7 Å². The minimum absolute atomic E-state index is 0.00631. The van der Waals surface area contributed by atoms with Gasteiger partial charge in [0.1, 0.15) is 6.61 Å². The van der Waals surface area contributed by atoms with Gasteiger partial charge in [-0.05, 0) is 46.9 Å². The molecule has 2 aromatic rings. The Hall–Kier alpha value is -2.82. The van der Waals surface area contributed by atoms with Gasteiger partial charge in [-0.1, -0.05) is 68.8 Å². The lowest BCUT2D eigenvalue weighted by Crippen LogP contribution is -2.44. The Kier molecular flexibility index (Phi) is 5.23. The van der Waals surface area contributed by atoms with Gasteiger partial charge in [0.25, 0.3) is 0 Å². The van der Waals surface area contributed by atoms with Crippen LogP contribution in [0.3, 0.4) is 0 Å². The van der Waals surface area contributed by atoms with E-state index in [1.807, 2.05) is 24.3 Å². The Morgan fingerprint density at radius 1 is 1.03 bits per heavy atom. The summed E-state index contributed by atoms with van der Waals surface area (Å²) in [5.74, 6) is -0.547. The van der Waals surface area contributed by atoms with Crippen molar-refractivity contribution in [3.8, 4) is 11.1 Å². The van der Waals surface area contributed by atoms with Gasteiger partial charge < -0.3 is 14.7 Å². The van der Waals surface area contributed by atoms with Crippen LogP contribution in [0.1, 0.15) is 50.2 Å². The second-order valence-electron chi connectivity index (χ2n) is 10.1. The molecule has 0 aromatic heterocycles. The number of carboxylic acid groups (broad SMARTS) is 1. The quantitative estimate of drug-likeness (QED) is 0.704. The molecule has 0 bridgehead atoms. The third-order valence-electron chi connectivity index (χ3n) is 8.28. The summed E-state index contributed by atoms with van der Waals surface area (Å²) in [5.41, 5.74) is 4.39. The fourth-order valence-electron chi connectivity index (χ4n) is 6.56. The molecule has 1 spiro atoms. The molecule has 1 saturated heterocycles. The molecule has 1 aliphatic heterocycles. The summed E-state index contributed by atoms with van der Waals surface area (Å²) >= 11 is 0. The van der Waals surface area contributed by atoms with Crippen LogP contribution in [-0.2, 0) is 9.53 Å². The maximum atomic E-state index is 13.1. The monoisotopic (exact) mass is 433 g/mol. The number of benzene rings is 2. The zero-order valence-corrected chi connectivity index (χ0v) is 18.8. The van der Waals surface area contributed by atoms with Crippen LogP contribution >= 0.6 is 0 Å². The summed E-state index contributed by atoms with van der Waals surface area (Å²) < 4.78 is 5.84. The molecule has 4 atom stereocenters. The first-order valence-corrected chi connectivity index (χ1v) is 11.7. The minimum Gasteiger partial charge on any atom is -0.481 e. The Morgan fingerprint density at radius 3 is 2.28 bits per heavy atom. The van der Waals surface area contributed by atoms with Gasteiger partial charge in [-0.15, -0.1) is 0 Å². The normalized spacial score (nSPS) is 29.1. The summed E-state index contributed by atoms with van der Waals surface area (Å²) in [5, 5.41) is 9.98. The zero-order valence-electron chi connectivity index (χ0n) is 18.8. The van der Waals surface area contributed by atoms with Gasteiger partial charge >= 0.3 is 12.1 Å². The molecule has 2 aliphatic carbocycles. The molecule has 5 nitrogen and oxygen atoms in total. The molecule has 1 N–H and O–H groups in total. The lowest BCUT2D eigenvalue weighted by Gasteiger charge is -2.44. The maximum absolute atomic E-state index is 13.1. The number of hydrogen-bond donors (Lipinski definition) is 1. The third-order valence-corrected chi connectivity index (χ3v) is 8.28. The average Bonchev–Trinajstić information content (AvgIpc) is 3.32. The van der Waals surface area contributed by atoms with E-state index in [0.717, 1.165) is 19.3 Å². The van der Waals surface area contributed by atoms with Crippen LogP contribution in [0.4, 0.5) is 4.79 Å². The SMILES string of the molecule is CC1CCC(C)C2(C1)CN(C(=O)OCC1c3ccccc3-c3ccccc31)CC2C(=O)O. The molecule has 5 rings (SSSR count). The van der Waals surface area contributed by atoms with Gasteiger partial charge in [0.05, 0.1) is 5.92 Å². The molecule has 2 fully saturated rings. The number of likely N-dealkylation sites (tertiary alicyclic amines) is 1. The Bertz CT molecular complexity index is 1000. The van der Waals surface area contributed by atoms with E-state index in [2.05, 4.69) is 38.1 Å². The van der Waals surface area contributed by atoms with E-state index >= 15 is 0 Å². The number of hydrogen-bond acceptors (Lipinski definition) is 3. The van der Waals surface area contributed by atoms with E-state index in [1.165, 1.54) is 22.3 Å². The van der Waals surface area contributed by atoms with Crippen molar-refractivity contribution in [2.75, 3.05) is 19.7 Å². The molecule has 1 amide bonds. The summed E-state index contributed by atoms with van der Waals surface area (Å²) in [4.78, 5) is 26.9. The van der Waals surface area contributed by atoms with Crippen molar-refractivity contribution in [3.63, 3.8) is 0 Å². The van der Waals surface area contributed by atoms with E-state index in [-0.39, 0.29) is 36.5 Å². The van der Waals surface area contributed by atoms with Crippen molar-refractivity contribution in [3.05, 3.63) is 59.7 Å². The molecule has 1 saturated carbocycles. The molecular formula is C27H31NO4. The van der Waals surface area contributed by atoms with Crippen molar-refractivity contribution in [1.29, 1.82) is 0 Å². The van der Waals surface area contributed by atoms with E-state index in [1.54, 1.807) is 4.90 Å². The number of carbonyl (C=O) groups excluding carboxylic acids is 1. The standard InChI is InChI=1S/C27H31NO4/c1-17-11-12-18(2)27(13-17)16-28(14-24(27)25(29)30)26(31)32-15-23-21-9-5-3-7-19(21)20-8-4-6-10-22(20)23/h3-10,17-18,23-24H,11-16H2,1-2H3,(H,29,30). The number of ether oxygens (including phenoxy) is 1. The van der Waals surface area contributed by atoms with Crippen LogP contribution < -0.4 is 0 Å². The van der Waals surface area contributed by atoms with Crippen LogP contribution in [0.15, 0.2) is 48.5 Å². The van der Waals surface area contributed by atoms with Crippen molar-refractivity contribution < 1.29 is 19.4 Å². The van der Waals surface area contributed by atoms with Gasteiger partial charge in [0, 0.05) is 24.4 Å². The van der Waals surface area contributed by atoms with Crippen molar-refractivity contribution >= 4 is 12.1 Å². The number of nitrogens with zero attached hydrogens (tertiary/aromatic N) is 1. The second-order valence-corrected chi connectivity index (χ2v) is 10.1. The summed E-state index contributed by atoms with van der Waals surface area (Å²) in [6.07, 6.45) is 2.61. The zero-order chi connectivity index (χ0) is 22.5. The molecule has 1 heterocycles. The van der Waals surface area contributed by atoms with Gasteiger partial charge in [0.15, 0.2) is 0 Å². The Morgan fingerprint density at radius 2 is 1.66 bits per heavy atom. The van der Waals surface area contributed by atoms with E-state index < -0.39 is 11.9 Å². The highest BCUT2D eigenvalue weighted by Crippen LogP contribution is 2.53. The summed E-state index contributed by atoms with van der Waals surface area (Å²) in [6, 6.07) is 16.5. The van der Waals surface area contributed by atoms with Crippen LogP contribution in [0.5, 0.6) is 0 Å². The van der Waals surface area contributed by atoms with E-state index in [0.29, 0.717) is 12.5 Å². The molecule has 4 unspecified atom stereocenters. The fraction of sp³-hybridized carbons (Fsp3) is 0.481. The number of carboxylic acids is 1. The van der Waals surface area contributed by atoms with Crippen molar-refractivity contribution in [1.82, 2.24) is 4.90 Å². The Labute approximate surface area is 189 Å². The molecule has 2 aromatic carbocycles. The van der Waals surface area contributed by atoms with Crippen molar-refractivity contribution in [2.45, 2.75) is 39.0 Å². The first-order chi connectivity index (χ1) is 15.4. The molecule has 5 heteroatoms. The van der Waals surface area contributed by atoms with Gasteiger partial charge in [-0.25, -0.2) is 4.79 Å². The molecule has 32 heavy (non-hydrogen) atoms. The Balaban J connectivity index is 1.34. The highest BCUT2D eigenvalue weighted by atomic mass is 16.6.